The minimum atomic E-state index is -4.55. The number of ether oxygens (including phenoxy) is 1. The molecule has 0 aliphatic carbocycles. The van der Waals surface area contributed by atoms with Gasteiger partial charge >= 0.3 is 18.4 Å². The predicted molar refractivity (Wildman–Crippen MR) is 84.2 cm³/mol. The van der Waals surface area contributed by atoms with Gasteiger partial charge in [0.1, 0.15) is 0 Å². The summed E-state index contributed by atoms with van der Waals surface area (Å²) in [5, 5.41) is 13.1. The normalized spacial score (nSPS) is 13.0. The number of hydrogen-bond donors (Lipinski definition) is 3. The molecule has 9 heteroatoms. The van der Waals surface area contributed by atoms with Crippen LogP contribution in [0.5, 0.6) is 0 Å². The van der Waals surface area contributed by atoms with E-state index in [1.807, 2.05) is 26.1 Å². The van der Waals surface area contributed by atoms with Gasteiger partial charge in [-0.15, -0.1) is 0 Å². The summed E-state index contributed by atoms with van der Waals surface area (Å²) in [5.41, 5.74) is -1.08. The Kier molecular flexibility index (Phi) is 6.66. The smallest absolute Gasteiger partial charge is 0.416 e. The molecule has 1 aromatic carbocycles. The van der Waals surface area contributed by atoms with E-state index in [0.717, 1.165) is 12.1 Å². The first-order valence-electron chi connectivity index (χ1n) is 7.46. The van der Waals surface area contributed by atoms with Gasteiger partial charge in [0.15, 0.2) is 0 Å². The van der Waals surface area contributed by atoms with Crippen molar-refractivity contribution in [1.29, 1.82) is 0 Å². The molecule has 25 heavy (non-hydrogen) atoms. The molecule has 0 saturated heterocycles. The van der Waals surface area contributed by atoms with Crippen LogP contribution in [0.1, 0.15) is 37.9 Å². The number of carbonyl (C=O) groups is 2. The molecule has 0 saturated carbocycles. The van der Waals surface area contributed by atoms with Gasteiger partial charge in [-0.1, -0.05) is 32.9 Å². The highest BCUT2D eigenvalue weighted by Crippen LogP contribution is 2.30. The van der Waals surface area contributed by atoms with Crippen molar-refractivity contribution in [2.24, 2.45) is 5.41 Å². The van der Waals surface area contributed by atoms with Crippen molar-refractivity contribution in [3.63, 3.8) is 0 Å². The Hall–Kier alpha value is -2.45. The molecule has 140 valence electrons. The second kappa shape index (κ2) is 8.09. The van der Waals surface area contributed by atoms with Crippen LogP contribution in [-0.4, -0.2) is 30.4 Å². The fourth-order valence-electron chi connectivity index (χ4n) is 1.84. The van der Waals surface area contributed by atoms with Crippen LogP contribution in [-0.2, 0) is 10.9 Å². The van der Waals surface area contributed by atoms with Crippen LogP contribution in [0.2, 0.25) is 0 Å². The zero-order chi connectivity index (χ0) is 19.3. The third kappa shape index (κ3) is 7.77. The number of benzene rings is 1. The molecule has 0 fully saturated rings. The van der Waals surface area contributed by atoms with Crippen LogP contribution in [0.3, 0.4) is 0 Å². The minimum absolute atomic E-state index is 0.0977. The van der Waals surface area contributed by atoms with E-state index >= 15 is 0 Å². The lowest BCUT2D eigenvalue weighted by Gasteiger charge is -2.22. The van der Waals surface area contributed by atoms with Crippen LogP contribution >= 0.6 is 0 Å². The number of alkyl halides is 3. The Morgan fingerprint density at radius 3 is 2.40 bits per heavy atom. The number of nitrogens with one attached hydrogen (secondary N) is 2. The number of rotatable bonds is 5. The maximum atomic E-state index is 12.8. The SMILES string of the molecule is CC(C)(C)COC(=O)NC(CNC(=O)O)c1cccc(C(F)(F)F)c1. The molecular weight excluding hydrogens is 341 g/mol. The zero-order valence-corrected chi connectivity index (χ0v) is 14.1. The average Bonchev–Trinajstić information content (AvgIpc) is 2.48. The van der Waals surface area contributed by atoms with Crippen molar-refractivity contribution >= 4 is 12.2 Å². The van der Waals surface area contributed by atoms with Gasteiger partial charge in [-0.05, 0) is 23.1 Å². The van der Waals surface area contributed by atoms with Crippen LogP contribution in [0.15, 0.2) is 24.3 Å². The molecule has 2 amide bonds. The summed E-state index contributed by atoms with van der Waals surface area (Å²) in [6.45, 7) is 5.32. The highest BCUT2D eigenvalue weighted by molar-refractivity contribution is 5.68. The topological polar surface area (TPSA) is 87.7 Å². The summed E-state index contributed by atoms with van der Waals surface area (Å²) in [6, 6.07) is 3.30. The lowest BCUT2D eigenvalue weighted by molar-refractivity contribution is -0.137. The zero-order valence-electron chi connectivity index (χ0n) is 14.1. The van der Waals surface area contributed by atoms with Gasteiger partial charge in [0.05, 0.1) is 18.2 Å². The largest absolute Gasteiger partial charge is 0.465 e. The minimum Gasteiger partial charge on any atom is -0.465 e. The van der Waals surface area contributed by atoms with Crippen molar-refractivity contribution in [1.82, 2.24) is 10.6 Å². The third-order valence-corrected chi connectivity index (χ3v) is 3.00. The Bertz CT molecular complexity index is 612. The van der Waals surface area contributed by atoms with Crippen LogP contribution in [0.25, 0.3) is 0 Å². The van der Waals surface area contributed by atoms with E-state index in [9.17, 15) is 22.8 Å². The Morgan fingerprint density at radius 1 is 1.24 bits per heavy atom. The Morgan fingerprint density at radius 2 is 1.88 bits per heavy atom. The van der Waals surface area contributed by atoms with Crippen LogP contribution < -0.4 is 10.6 Å². The van der Waals surface area contributed by atoms with E-state index < -0.39 is 30.0 Å². The van der Waals surface area contributed by atoms with E-state index in [1.165, 1.54) is 12.1 Å². The standard InChI is InChI=1S/C16H21F3N2O4/c1-15(2,3)9-25-14(24)21-12(8-20-13(22)23)10-5-4-6-11(7-10)16(17,18)19/h4-7,12,20H,8-9H2,1-3H3,(H,21,24)(H,22,23). The number of hydrogen-bond acceptors (Lipinski definition) is 3. The average molecular weight is 362 g/mol. The molecule has 1 rings (SSSR count). The molecule has 0 aliphatic heterocycles. The van der Waals surface area contributed by atoms with Crippen molar-refractivity contribution in [2.45, 2.75) is 33.0 Å². The van der Waals surface area contributed by atoms with E-state index in [-0.39, 0.29) is 24.1 Å². The van der Waals surface area contributed by atoms with Crippen molar-refractivity contribution in [3.8, 4) is 0 Å². The van der Waals surface area contributed by atoms with Crippen molar-refractivity contribution < 1.29 is 32.6 Å². The van der Waals surface area contributed by atoms with E-state index in [2.05, 4.69) is 5.32 Å². The van der Waals surface area contributed by atoms with E-state index in [1.54, 1.807) is 0 Å². The fraction of sp³-hybridized carbons (Fsp3) is 0.500. The van der Waals surface area contributed by atoms with Gasteiger partial charge in [-0.3, -0.25) is 0 Å². The molecule has 0 radical (unpaired) electrons. The van der Waals surface area contributed by atoms with Gasteiger partial charge in [-0.2, -0.15) is 13.2 Å². The Labute approximate surface area is 143 Å². The molecule has 0 aliphatic rings. The monoisotopic (exact) mass is 362 g/mol. The summed E-state index contributed by atoms with van der Waals surface area (Å²) in [6.07, 6.45) is -6.75. The van der Waals surface area contributed by atoms with Gasteiger partial charge in [0.25, 0.3) is 0 Å². The summed E-state index contributed by atoms with van der Waals surface area (Å²) < 4.78 is 43.5. The molecule has 1 unspecified atom stereocenters. The second-order valence-corrected chi connectivity index (χ2v) is 6.64. The highest BCUT2D eigenvalue weighted by Gasteiger charge is 2.31. The third-order valence-electron chi connectivity index (χ3n) is 3.00. The molecule has 3 N–H and O–H groups in total. The second-order valence-electron chi connectivity index (χ2n) is 6.64. The summed E-state index contributed by atoms with van der Waals surface area (Å²) in [7, 11) is 0. The van der Waals surface area contributed by atoms with E-state index in [0.29, 0.717) is 0 Å². The predicted octanol–water partition coefficient (Wildman–Crippen LogP) is 3.79. The van der Waals surface area contributed by atoms with Gasteiger partial charge in [0.2, 0.25) is 0 Å². The maximum absolute atomic E-state index is 12.8. The van der Waals surface area contributed by atoms with E-state index in [4.69, 9.17) is 9.84 Å². The number of alkyl carbamates (subject to hydrolysis) is 1. The molecule has 6 nitrogen and oxygen atoms in total. The molecule has 1 aromatic rings. The van der Waals surface area contributed by atoms with Crippen LogP contribution in [0, 0.1) is 5.41 Å². The fourth-order valence-corrected chi connectivity index (χ4v) is 1.84. The van der Waals surface area contributed by atoms with Gasteiger partial charge < -0.3 is 20.5 Å². The van der Waals surface area contributed by atoms with Gasteiger partial charge in [-0.25, -0.2) is 9.59 Å². The molecule has 1 atom stereocenters. The molecule has 0 aromatic heterocycles. The van der Waals surface area contributed by atoms with Crippen molar-refractivity contribution in [2.75, 3.05) is 13.2 Å². The molecule has 0 heterocycles. The first-order valence-corrected chi connectivity index (χ1v) is 7.46. The maximum Gasteiger partial charge on any atom is 0.416 e. The van der Waals surface area contributed by atoms with Crippen LogP contribution in [0.4, 0.5) is 22.8 Å². The number of halogens is 3. The first kappa shape index (κ1) is 20.6. The van der Waals surface area contributed by atoms with Gasteiger partial charge in [0, 0.05) is 6.54 Å². The molecule has 0 spiro atoms. The summed E-state index contributed by atoms with van der Waals surface area (Å²) in [5.74, 6) is 0. The lowest BCUT2D eigenvalue weighted by Crippen LogP contribution is -2.38. The number of carbonyl (C=O) groups excluding carboxylic acids is 1. The summed E-state index contributed by atoms with van der Waals surface area (Å²) in [4.78, 5) is 22.5. The Balaban J connectivity index is 2.93. The first-order chi connectivity index (χ1) is 11.4. The number of carboxylic acid groups (broad SMARTS) is 1. The molecular formula is C16H21F3N2O4. The van der Waals surface area contributed by atoms with Crippen molar-refractivity contribution in [3.05, 3.63) is 35.4 Å². The number of amides is 2. The summed E-state index contributed by atoms with van der Waals surface area (Å²) >= 11 is 0. The highest BCUT2D eigenvalue weighted by atomic mass is 19.4. The lowest BCUT2D eigenvalue weighted by atomic mass is 9.99. The quantitative estimate of drug-likeness (QED) is 0.744. The molecule has 0 bridgehead atoms.